The SMILES string of the molecule is CN1CCOC(c2ccccc2)c2ccccc2C1.O=S(=O)(O)O. The summed E-state index contributed by atoms with van der Waals surface area (Å²) in [6.07, 6.45) is 0.0612. The van der Waals surface area contributed by atoms with Crippen LogP contribution in [0.2, 0.25) is 0 Å². The Bertz CT molecular complexity index is 741. The Morgan fingerprint density at radius 3 is 2.29 bits per heavy atom. The molecule has 0 bridgehead atoms. The van der Waals surface area contributed by atoms with Gasteiger partial charge in [-0.3, -0.25) is 14.0 Å². The van der Waals surface area contributed by atoms with Crippen LogP contribution < -0.4 is 0 Å². The lowest BCUT2D eigenvalue weighted by molar-refractivity contribution is 0.0554. The van der Waals surface area contributed by atoms with Gasteiger partial charge in [0, 0.05) is 13.1 Å². The second kappa shape index (κ2) is 8.36. The maximum Gasteiger partial charge on any atom is 0.394 e. The molecule has 0 aliphatic carbocycles. The molecule has 2 N–H and O–H groups in total. The molecule has 0 saturated heterocycles. The van der Waals surface area contributed by atoms with Crippen molar-refractivity contribution in [3.8, 4) is 0 Å². The predicted octanol–water partition coefficient (Wildman–Crippen LogP) is 2.59. The molecule has 24 heavy (non-hydrogen) atoms. The van der Waals surface area contributed by atoms with Gasteiger partial charge < -0.3 is 4.74 Å². The lowest BCUT2D eigenvalue weighted by atomic mass is 9.96. The number of ether oxygens (including phenoxy) is 1. The lowest BCUT2D eigenvalue weighted by Gasteiger charge is -2.28. The van der Waals surface area contributed by atoms with E-state index >= 15 is 0 Å². The van der Waals surface area contributed by atoms with Gasteiger partial charge in [-0.2, -0.15) is 8.42 Å². The van der Waals surface area contributed by atoms with Crippen molar-refractivity contribution >= 4 is 10.4 Å². The Morgan fingerprint density at radius 2 is 1.62 bits per heavy atom. The summed E-state index contributed by atoms with van der Waals surface area (Å²) in [5, 5.41) is 0. The van der Waals surface area contributed by atoms with E-state index < -0.39 is 10.4 Å². The summed E-state index contributed by atoms with van der Waals surface area (Å²) in [4.78, 5) is 2.31. The van der Waals surface area contributed by atoms with E-state index in [0.717, 1.165) is 19.7 Å². The lowest BCUT2D eigenvalue weighted by Crippen LogP contribution is -2.27. The molecule has 1 aliphatic rings. The average molecular weight is 351 g/mol. The molecule has 7 heteroatoms. The zero-order chi connectivity index (χ0) is 17.6. The summed E-state index contributed by atoms with van der Waals surface area (Å²) >= 11 is 0. The summed E-state index contributed by atoms with van der Waals surface area (Å²) in [5.74, 6) is 0. The molecule has 130 valence electrons. The largest absolute Gasteiger partial charge is 0.394 e. The second-order valence-corrected chi connectivity index (χ2v) is 6.44. The normalized spacial score (nSPS) is 18.5. The number of rotatable bonds is 1. The first-order chi connectivity index (χ1) is 11.3. The van der Waals surface area contributed by atoms with Gasteiger partial charge >= 0.3 is 10.4 Å². The molecule has 2 aromatic rings. The van der Waals surface area contributed by atoms with Crippen molar-refractivity contribution in [1.29, 1.82) is 0 Å². The predicted molar refractivity (Wildman–Crippen MR) is 91.2 cm³/mol. The monoisotopic (exact) mass is 351 g/mol. The van der Waals surface area contributed by atoms with Gasteiger partial charge in [-0.25, -0.2) is 0 Å². The van der Waals surface area contributed by atoms with Crippen LogP contribution in [0.3, 0.4) is 0 Å². The fourth-order valence-corrected chi connectivity index (χ4v) is 2.62. The molecule has 0 aromatic heterocycles. The molecular formula is C17H21NO5S. The standard InChI is InChI=1S/C17H19NO.H2O4S/c1-18-11-12-19-17(14-7-3-2-4-8-14)16-10-6-5-9-15(16)13-18;1-5(2,3)4/h2-10,17H,11-13H2,1H3;(H2,1,2,3,4). The molecular weight excluding hydrogens is 330 g/mol. The summed E-state index contributed by atoms with van der Waals surface area (Å²) in [5.41, 5.74) is 3.89. The summed E-state index contributed by atoms with van der Waals surface area (Å²) in [6, 6.07) is 19.1. The summed E-state index contributed by atoms with van der Waals surface area (Å²) < 4.78 is 37.7. The van der Waals surface area contributed by atoms with E-state index in [0.29, 0.717) is 0 Å². The van der Waals surface area contributed by atoms with Crippen molar-refractivity contribution in [2.75, 3.05) is 20.2 Å². The van der Waals surface area contributed by atoms with Crippen LogP contribution in [0.1, 0.15) is 22.8 Å². The van der Waals surface area contributed by atoms with Crippen LogP contribution in [0.4, 0.5) is 0 Å². The van der Waals surface area contributed by atoms with E-state index in [4.69, 9.17) is 22.3 Å². The zero-order valence-corrected chi connectivity index (χ0v) is 14.2. The molecule has 0 fully saturated rings. The Labute approximate surface area is 142 Å². The molecule has 2 aromatic carbocycles. The third-order valence-corrected chi connectivity index (χ3v) is 3.64. The van der Waals surface area contributed by atoms with Crippen LogP contribution in [-0.2, 0) is 21.7 Å². The smallest absolute Gasteiger partial charge is 0.367 e. The van der Waals surface area contributed by atoms with E-state index in [2.05, 4.69) is 60.5 Å². The average Bonchev–Trinajstić information content (AvgIpc) is 2.50. The maximum atomic E-state index is 8.74. The third-order valence-electron chi connectivity index (χ3n) is 3.64. The van der Waals surface area contributed by atoms with Gasteiger partial charge in [-0.05, 0) is 23.7 Å². The highest BCUT2D eigenvalue weighted by Crippen LogP contribution is 2.30. The molecule has 1 heterocycles. The van der Waals surface area contributed by atoms with Crippen LogP contribution in [0, 0.1) is 0 Å². The number of benzene rings is 2. The Morgan fingerprint density at radius 1 is 1.04 bits per heavy atom. The number of nitrogens with zero attached hydrogens (tertiary/aromatic N) is 1. The molecule has 1 atom stereocenters. The highest BCUT2D eigenvalue weighted by atomic mass is 32.3. The van der Waals surface area contributed by atoms with Crippen LogP contribution in [-0.4, -0.2) is 42.6 Å². The van der Waals surface area contributed by atoms with Crippen molar-refractivity contribution in [3.05, 3.63) is 71.3 Å². The van der Waals surface area contributed by atoms with Crippen LogP contribution in [0.25, 0.3) is 0 Å². The van der Waals surface area contributed by atoms with Crippen LogP contribution >= 0.6 is 0 Å². The Hall–Kier alpha value is -1.77. The van der Waals surface area contributed by atoms with Crippen molar-refractivity contribution in [3.63, 3.8) is 0 Å². The molecule has 1 aliphatic heterocycles. The number of likely N-dealkylation sites (N-methyl/N-ethyl adjacent to an activating group) is 1. The zero-order valence-electron chi connectivity index (χ0n) is 13.4. The first kappa shape index (κ1) is 18.6. The molecule has 6 nitrogen and oxygen atoms in total. The molecule has 3 rings (SSSR count). The van der Waals surface area contributed by atoms with Gasteiger partial charge in [0.2, 0.25) is 0 Å². The van der Waals surface area contributed by atoms with Gasteiger partial charge in [-0.15, -0.1) is 0 Å². The second-order valence-electron chi connectivity index (χ2n) is 5.55. The summed E-state index contributed by atoms with van der Waals surface area (Å²) in [6.45, 7) is 2.73. The fraction of sp³-hybridized carbons (Fsp3) is 0.294. The number of fused-ring (bicyclic) bond motifs is 1. The molecule has 0 saturated carbocycles. The minimum Gasteiger partial charge on any atom is -0.367 e. The van der Waals surface area contributed by atoms with Gasteiger partial charge in [0.25, 0.3) is 0 Å². The molecule has 1 unspecified atom stereocenters. The molecule has 0 spiro atoms. The Kier molecular flexibility index (Phi) is 6.47. The fourth-order valence-electron chi connectivity index (χ4n) is 2.62. The molecule has 0 amide bonds. The van der Waals surface area contributed by atoms with E-state index in [-0.39, 0.29) is 6.10 Å². The summed E-state index contributed by atoms with van der Waals surface area (Å²) in [7, 11) is -2.52. The van der Waals surface area contributed by atoms with Crippen molar-refractivity contribution < 1.29 is 22.3 Å². The van der Waals surface area contributed by atoms with Crippen LogP contribution in [0.15, 0.2) is 54.6 Å². The maximum absolute atomic E-state index is 8.74. The first-order valence-corrected chi connectivity index (χ1v) is 8.87. The van der Waals surface area contributed by atoms with Gasteiger partial charge in [0.15, 0.2) is 0 Å². The van der Waals surface area contributed by atoms with Gasteiger partial charge in [0.05, 0.1) is 6.61 Å². The highest BCUT2D eigenvalue weighted by molar-refractivity contribution is 7.79. The van der Waals surface area contributed by atoms with E-state index in [1.54, 1.807) is 0 Å². The minimum absolute atomic E-state index is 0.0612. The van der Waals surface area contributed by atoms with Crippen LogP contribution in [0.5, 0.6) is 0 Å². The van der Waals surface area contributed by atoms with Crippen molar-refractivity contribution in [2.45, 2.75) is 12.6 Å². The van der Waals surface area contributed by atoms with Crippen molar-refractivity contribution in [2.24, 2.45) is 0 Å². The highest BCUT2D eigenvalue weighted by Gasteiger charge is 2.20. The topological polar surface area (TPSA) is 87.1 Å². The Balaban J connectivity index is 0.000000368. The van der Waals surface area contributed by atoms with E-state index in [9.17, 15) is 0 Å². The van der Waals surface area contributed by atoms with Crippen molar-refractivity contribution in [1.82, 2.24) is 4.90 Å². The van der Waals surface area contributed by atoms with E-state index in [1.807, 2.05) is 6.07 Å². The van der Waals surface area contributed by atoms with Gasteiger partial charge in [-0.1, -0.05) is 54.6 Å². The number of hydrogen-bond acceptors (Lipinski definition) is 4. The van der Waals surface area contributed by atoms with E-state index in [1.165, 1.54) is 16.7 Å². The third kappa shape index (κ3) is 6.03. The van der Waals surface area contributed by atoms with Gasteiger partial charge in [0.1, 0.15) is 6.10 Å². The molecule has 0 radical (unpaired) electrons. The number of hydrogen-bond donors (Lipinski definition) is 2. The first-order valence-electron chi connectivity index (χ1n) is 7.47. The quantitative estimate of drug-likeness (QED) is 0.768. The minimum atomic E-state index is -4.67.